The fraction of sp³-hybridized carbons (Fsp3) is 0.435. The average molecular weight is 423 g/mol. The van der Waals surface area contributed by atoms with Gasteiger partial charge in [0.1, 0.15) is 5.82 Å². The summed E-state index contributed by atoms with van der Waals surface area (Å²) in [6.45, 7) is 5.43. The highest BCUT2D eigenvalue weighted by Gasteiger charge is 2.41. The van der Waals surface area contributed by atoms with Gasteiger partial charge in [0.15, 0.2) is 0 Å². The zero-order valence-corrected chi connectivity index (χ0v) is 16.8. The molecule has 2 aromatic carbocycles. The van der Waals surface area contributed by atoms with Gasteiger partial charge in [0.2, 0.25) is 0 Å². The molecule has 0 saturated carbocycles. The molecule has 1 saturated heterocycles. The number of carboxylic acids is 1. The molecule has 1 fully saturated rings. The van der Waals surface area contributed by atoms with Crippen molar-refractivity contribution in [3.8, 4) is 0 Å². The van der Waals surface area contributed by atoms with Crippen LogP contribution in [0.4, 0.5) is 17.6 Å². The molecule has 2 aliphatic rings. The Kier molecular flexibility index (Phi) is 6.50. The first-order valence-electron chi connectivity index (χ1n) is 9.96. The topological polar surface area (TPSA) is 40.5 Å². The lowest BCUT2D eigenvalue weighted by atomic mass is 9.73. The third-order valence-electron chi connectivity index (χ3n) is 6.08. The van der Waals surface area contributed by atoms with Crippen LogP contribution in [0.1, 0.15) is 41.5 Å². The minimum absolute atomic E-state index is 0.149. The molecule has 1 aliphatic heterocycles. The third kappa shape index (κ3) is 5.19. The number of alkyl halides is 3. The third-order valence-corrected chi connectivity index (χ3v) is 6.08. The monoisotopic (exact) mass is 423 g/mol. The van der Waals surface area contributed by atoms with Crippen LogP contribution in [0.5, 0.6) is 0 Å². The molecule has 7 heteroatoms. The number of aryl methyl sites for hydroxylation is 2. The summed E-state index contributed by atoms with van der Waals surface area (Å²) in [4.78, 5) is 11.4. The number of benzene rings is 2. The number of piperidine rings is 1. The number of nitrogens with zero attached hydrogens (tertiary/aromatic N) is 1. The van der Waals surface area contributed by atoms with E-state index in [0.29, 0.717) is 5.41 Å². The first kappa shape index (κ1) is 22.3. The van der Waals surface area contributed by atoms with Crippen LogP contribution in [0.15, 0.2) is 42.5 Å². The SMILES string of the molecule is Cc1ccc2c(c1)C1(CC2)CCN(Cc2ccc(F)cc2)CC1.O=C(O)C(F)(F)F. The second kappa shape index (κ2) is 8.76. The Balaban J connectivity index is 0.000000318. The lowest BCUT2D eigenvalue weighted by molar-refractivity contribution is -0.192. The molecule has 0 bridgehead atoms. The van der Waals surface area contributed by atoms with Crippen molar-refractivity contribution in [1.29, 1.82) is 0 Å². The van der Waals surface area contributed by atoms with E-state index in [1.54, 1.807) is 23.3 Å². The second-order valence-corrected chi connectivity index (χ2v) is 8.15. The fourth-order valence-corrected chi connectivity index (χ4v) is 4.42. The molecule has 1 heterocycles. The summed E-state index contributed by atoms with van der Waals surface area (Å²) in [5, 5.41) is 7.12. The molecule has 2 aromatic rings. The zero-order valence-electron chi connectivity index (χ0n) is 16.8. The minimum Gasteiger partial charge on any atom is -0.475 e. The van der Waals surface area contributed by atoms with E-state index in [9.17, 15) is 17.6 Å². The van der Waals surface area contributed by atoms with Crippen LogP contribution in [0.25, 0.3) is 0 Å². The molecule has 0 unspecified atom stereocenters. The zero-order chi connectivity index (χ0) is 21.9. The standard InChI is InChI=1S/C21H24FN.C2HF3O2/c1-16-2-5-18-8-9-21(20(18)14-16)10-12-23(13-11-21)15-17-3-6-19(22)7-4-17;3-2(4,5)1(6)7/h2-7,14H,8-13,15H2,1H3;(H,6,7). The van der Waals surface area contributed by atoms with Crippen LogP contribution >= 0.6 is 0 Å². The molecule has 0 atom stereocenters. The van der Waals surface area contributed by atoms with E-state index in [1.165, 1.54) is 36.8 Å². The van der Waals surface area contributed by atoms with Crippen molar-refractivity contribution in [1.82, 2.24) is 4.90 Å². The first-order chi connectivity index (χ1) is 14.1. The van der Waals surface area contributed by atoms with E-state index in [0.717, 1.165) is 19.6 Å². The maximum Gasteiger partial charge on any atom is 0.490 e. The van der Waals surface area contributed by atoms with Gasteiger partial charge in [-0.1, -0.05) is 35.9 Å². The van der Waals surface area contributed by atoms with Crippen LogP contribution in [-0.2, 0) is 23.2 Å². The molecule has 1 spiro atoms. The number of hydrogen-bond acceptors (Lipinski definition) is 2. The van der Waals surface area contributed by atoms with E-state index >= 15 is 0 Å². The average Bonchev–Trinajstić information content (AvgIpc) is 3.03. The highest BCUT2D eigenvalue weighted by Crippen LogP contribution is 2.46. The lowest BCUT2D eigenvalue weighted by Gasteiger charge is -2.40. The quantitative estimate of drug-likeness (QED) is 0.671. The predicted molar refractivity (Wildman–Crippen MR) is 106 cm³/mol. The van der Waals surface area contributed by atoms with Crippen molar-refractivity contribution < 1.29 is 27.5 Å². The fourth-order valence-electron chi connectivity index (χ4n) is 4.42. The van der Waals surface area contributed by atoms with Gasteiger partial charge in [-0.15, -0.1) is 0 Å². The van der Waals surface area contributed by atoms with E-state index < -0.39 is 12.1 Å². The van der Waals surface area contributed by atoms with Crippen LogP contribution in [0, 0.1) is 12.7 Å². The van der Waals surface area contributed by atoms with Crippen molar-refractivity contribution in [2.75, 3.05) is 13.1 Å². The van der Waals surface area contributed by atoms with Crippen molar-refractivity contribution in [2.45, 2.75) is 50.7 Å². The van der Waals surface area contributed by atoms with Gasteiger partial charge in [-0.05, 0) is 79.9 Å². The van der Waals surface area contributed by atoms with Crippen LogP contribution in [0.2, 0.25) is 0 Å². The maximum atomic E-state index is 13.0. The minimum atomic E-state index is -5.08. The largest absolute Gasteiger partial charge is 0.490 e. The Morgan fingerprint density at radius 3 is 2.23 bits per heavy atom. The number of likely N-dealkylation sites (tertiary alicyclic amines) is 1. The number of carbonyl (C=O) groups is 1. The second-order valence-electron chi connectivity index (χ2n) is 8.15. The number of aliphatic carboxylic acids is 1. The summed E-state index contributed by atoms with van der Waals surface area (Å²) in [7, 11) is 0. The summed E-state index contributed by atoms with van der Waals surface area (Å²) in [6.07, 6.45) is -0.0148. The van der Waals surface area contributed by atoms with E-state index in [4.69, 9.17) is 9.90 Å². The summed E-state index contributed by atoms with van der Waals surface area (Å²) in [6, 6.07) is 14.0. The Labute approximate surface area is 173 Å². The van der Waals surface area contributed by atoms with E-state index in [1.807, 2.05) is 12.1 Å². The number of rotatable bonds is 2. The molecular weight excluding hydrogens is 398 g/mol. The van der Waals surface area contributed by atoms with Gasteiger partial charge < -0.3 is 5.11 Å². The first-order valence-corrected chi connectivity index (χ1v) is 9.96. The molecule has 1 N–H and O–H groups in total. The highest BCUT2D eigenvalue weighted by molar-refractivity contribution is 5.73. The van der Waals surface area contributed by atoms with Crippen molar-refractivity contribution in [3.05, 3.63) is 70.5 Å². The van der Waals surface area contributed by atoms with Crippen molar-refractivity contribution in [2.24, 2.45) is 0 Å². The summed E-state index contributed by atoms with van der Waals surface area (Å²) < 4.78 is 44.8. The maximum absolute atomic E-state index is 13.0. The molecule has 1 aliphatic carbocycles. The molecular formula is C23H25F4NO2. The van der Waals surface area contributed by atoms with Crippen LogP contribution in [-0.4, -0.2) is 35.2 Å². The summed E-state index contributed by atoms with van der Waals surface area (Å²) in [5.74, 6) is -2.91. The molecule has 0 aromatic heterocycles. The Morgan fingerprint density at radius 1 is 1.07 bits per heavy atom. The molecule has 0 radical (unpaired) electrons. The van der Waals surface area contributed by atoms with Crippen LogP contribution < -0.4 is 0 Å². The number of fused-ring (bicyclic) bond motifs is 2. The Hall–Kier alpha value is -2.41. The number of hydrogen-bond donors (Lipinski definition) is 1. The van der Waals surface area contributed by atoms with Gasteiger partial charge in [-0.25, -0.2) is 9.18 Å². The van der Waals surface area contributed by atoms with Gasteiger partial charge in [-0.3, -0.25) is 4.90 Å². The molecule has 3 nitrogen and oxygen atoms in total. The van der Waals surface area contributed by atoms with Gasteiger partial charge in [-0.2, -0.15) is 13.2 Å². The van der Waals surface area contributed by atoms with Gasteiger partial charge in [0, 0.05) is 6.54 Å². The summed E-state index contributed by atoms with van der Waals surface area (Å²) in [5.41, 5.74) is 6.21. The smallest absolute Gasteiger partial charge is 0.475 e. The molecule has 30 heavy (non-hydrogen) atoms. The van der Waals surface area contributed by atoms with Gasteiger partial charge in [0.25, 0.3) is 0 Å². The van der Waals surface area contributed by atoms with Crippen LogP contribution in [0.3, 0.4) is 0 Å². The normalized spacial score (nSPS) is 17.9. The van der Waals surface area contributed by atoms with Gasteiger partial charge in [0.05, 0.1) is 0 Å². The predicted octanol–water partition coefficient (Wildman–Crippen LogP) is 5.25. The molecule has 162 valence electrons. The van der Waals surface area contributed by atoms with Gasteiger partial charge >= 0.3 is 12.1 Å². The number of carboxylic acid groups (broad SMARTS) is 1. The Bertz CT molecular complexity index is 885. The van der Waals surface area contributed by atoms with E-state index in [-0.39, 0.29) is 5.82 Å². The van der Waals surface area contributed by atoms with E-state index in [2.05, 4.69) is 30.0 Å². The highest BCUT2D eigenvalue weighted by atomic mass is 19.4. The number of halogens is 4. The Morgan fingerprint density at radius 2 is 1.67 bits per heavy atom. The summed E-state index contributed by atoms with van der Waals surface area (Å²) >= 11 is 0. The lowest BCUT2D eigenvalue weighted by Crippen LogP contribution is -2.41. The molecule has 0 amide bonds. The van der Waals surface area contributed by atoms with Crippen molar-refractivity contribution >= 4 is 5.97 Å². The van der Waals surface area contributed by atoms with Crippen molar-refractivity contribution in [3.63, 3.8) is 0 Å². The molecule has 4 rings (SSSR count).